The van der Waals surface area contributed by atoms with Crippen molar-refractivity contribution in [1.29, 1.82) is 0 Å². The lowest BCUT2D eigenvalue weighted by Crippen LogP contribution is -2.49. The molecule has 0 radical (unpaired) electrons. The zero-order chi connectivity index (χ0) is 23.4. The van der Waals surface area contributed by atoms with Crippen molar-refractivity contribution in [3.8, 4) is 5.75 Å². The van der Waals surface area contributed by atoms with Gasteiger partial charge in [0.2, 0.25) is 5.91 Å². The highest BCUT2D eigenvalue weighted by atomic mass is 35.5. The first-order valence-corrected chi connectivity index (χ1v) is 10.6. The molecular formula is C22H22ClF2N3O5. The molecule has 2 fully saturated rings. The fourth-order valence-electron chi connectivity index (χ4n) is 3.84. The Hall–Kier alpha value is -2.95. The molecule has 33 heavy (non-hydrogen) atoms. The lowest BCUT2D eigenvalue weighted by molar-refractivity contribution is -0.117. The minimum Gasteiger partial charge on any atom is -0.437 e. The predicted octanol–water partition coefficient (Wildman–Crippen LogP) is 3.61. The molecule has 0 bridgehead atoms. The summed E-state index contributed by atoms with van der Waals surface area (Å²) in [5.74, 6) is -0.295. The average Bonchev–Trinajstić information content (AvgIpc) is 2.95. The molecule has 2 aliphatic rings. The molecule has 4 rings (SSSR count). The van der Waals surface area contributed by atoms with Crippen LogP contribution in [0.1, 0.15) is 0 Å². The first-order chi connectivity index (χ1) is 15.8. The summed E-state index contributed by atoms with van der Waals surface area (Å²) in [5.41, 5.74) is 0.194. The van der Waals surface area contributed by atoms with E-state index in [1.807, 2.05) is 4.90 Å². The topological polar surface area (TPSA) is 80.3 Å². The third-order valence-electron chi connectivity index (χ3n) is 5.27. The highest BCUT2D eigenvalue weighted by Crippen LogP contribution is 2.31. The van der Waals surface area contributed by atoms with Crippen LogP contribution in [0, 0.1) is 0 Å². The molecule has 0 saturated carbocycles. The Morgan fingerprint density at radius 2 is 1.88 bits per heavy atom. The summed E-state index contributed by atoms with van der Waals surface area (Å²) < 4.78 is 40.2. The van der Waals surface area contributed by atoms with Gasteiger partial charge < -0.3 is 19.5 Å². The molecule has 1 N–H and O–H groups in total. The normalized spacial score (nSPS) is 21.2. The maximum Gasteiger partial charge on any atom is 0.415 e. The Balaban J connectivity index is 1.37. The fourth-order valence-corrected chi connectivity index (χ4v) is 3.97. The summed E-state index contributed by atoms with van der Waals surface area (Å²) >= 11 is 5.94. The van der Waals surface area contributed by atoms with Crippen molar-refractivity contribution in [1.82, 2.24) is 4.90 Å². The van der Waals surface area contributed by atoms with Gasteiger partial charge >= 0.3 is 12.7 Å². The van der Waals surface area contributed by atoms with Crippen molar-refractivity contribution in [2.75, 3.05) is 49.6 Å². The number of amides is 2. The summed E-state index contributed by atoms with van der Waals surface area (Å²) in [6, 6.07) is 12.5. The summed E-state index contributed by atoms with van der Waals surface area (Å²) in [6.45, 7) is -1.20. The van der Waals surface area contributed by atoms with Crippen LogP contribution in [-0.2, 0) is 14.3 Å². The van der Waals surface area contributed by atoms with E-state index in [0.29, 0.717) is 36.1 Å². The van der Waals surface area contributed by atoms with Gasteiger partial charge in [0, 0.05) is 29.5 Å². The quantitative estimate of drug-likeness (QED) is 0.679. The number of halogens is 3. The van der Waals surface area contributed by atoms with Gasteiger partial charge in [0.25, 0.3) is 0 Å². The highest BCUT2D eigenvalue weighted by molar-refractivity contribution is 6.30. The van der Waals surface area contributed by atoms with Crippen LogP contribution < -0.4 is 15.0 Å². The maximum absolute atomic E-state index is 12.6. The molecule has 1 unspecified atom stereocenters. The third kappa shape index (κ3) is 5.89. The van der Waals surface area contributed by atoms with Crippen LogP contribution in [0.2, 0.25) is 5.02 Å². The Labute approximate surface area is 193 Å². The molecule has 11 heteroatoms. The van der Waals surface area contributed by atoms with Crippen LogP contribution in [0.4, 0.5) is 25.0 Å². The molecule has 0 aliphatic carbocycles. The Bertz CT molecular complexity index is 993. The molecule has 2 heterocycles. The van der Waals surface area contributed by atoms with E-state index in [9.17, 15) is 18.4 Å². The number of rotatable bonds is 6. The first kappa shape index (κ1) is 23.2. The van der Waals surface area contributed by atoms with E-state index in [1.54, 1.807) is 24.3 Å². The van der Waals surface area contributed by atoms with Crippen molar-refractivity contribution in [3.05, 3.63) is 53.6 Å². The van der Waals surface area contributed by atoms with E-state index in [0.717, 1.165) is 0 Å². The number of carbonyl (C=O) groups is 2. The Morgan fingerprint density at radius 1 is 1.15 bits per heavy atom. The van der Waals surface area contributed by atoms with Crippen molar-refractivity contribution in [2.45, 2.75) is 12.2 Å². The Morgan fingerprint density at radius 3 is 2.58 bits per heavy atom. The molecule has 2 aromatic carbocycles. The van der Waals surface area contributed by atoms with Crippen LogP contribution in [0.5, 0.6) is 5.75 Å². The number of anilines is 2. The smallest absolute Gasteiger partial charge is 0.415 e. The van der Waals surface area contributed by atoms with Gasteiger partial charge in [0.15, 0.2) is 5.60 Å². The molecule has 1 atom stereocenters. The summed E-state index contributed by atoms with van der Waals surface area (Å²) in [7, 11) is 0. The van der Waals surface area contributed by atoms with Crippen LogP contribution in [-0.4, -0.2) is 68.5 Å². The first-order valence-electron chi connectivity index (χ1n) is 10.2. The predicted molar refractivity (Wildman–Crippen MR) is 117 cm³/mol. The van der Waals surface area contributed by atoms with Crippen molar-refractivity contribution < 1.29 is 32.6 Å². The van der Waals surface area contributed by atoms with Crippen LogP contribution in [0.15, 0.2) is 48.5 Å². The average molecular weight is 482 g/mol. The number of carbonyl (C=O) groups excluding carboxylic acids is 2. The van der Waals surface area contributed by atoms with Gasteiger partial charge in [-0.3, -0.25) is 14.6 Å². The van der Waals surface area contributed by atoms with Gasteiger partial charge in [-0.05, 0) is 48.5 Å². The molecule has 176 valence electrons. The standard InChI is InChI=1S/C22H22ClF2N3O5/c23-15-1-5-17(6-2-15)28-13-22(33-21(28)30)12-27(9-10-31-14-22)11-19(29)26-16-3-7-18(8-4-16)32-20(24)25/h1-8,20H,9-14H2,(H,26,29). The number of benzene rings is 2. The molecule has 2 aromatic rings. The zero-order valence-electron chi connectivity index (χ0n) is 17.5. The monoisotopic (exact) mass is 481 g/mol. The number of alkyl halides is 2. The minimum absolute atomic E-state index is 0.00268. The van der Waals surface area contributed by atoms with E-state index >= 15 is 0 Å². The third-order valence-corrected chi connectivity index (χ3v) is 5.52. The second-order valence-corrected chi connectivity index (χ2v) is 8.26. The van der Waals surface area contributed by atoms with Gasteiger partial charge in [-0.2, -0.15) is 8.78 Å². The van der Waals surface area contributed by atoms with E-state index in [2.05, 4.69) is 10.1 Å². The zero-order valence-corrected chi connectivity index (χ0v) is 18.3. The summed E-state index contributed by atoms with van der Waals surface area (Å²) in [5, 5.41) is 3.28. The molecular weight excluding hydrogens is 460 g/mol. The maximum atomic E-state index is 12.6. The van der Waals surface area contributed by atoms with E-state index in [1.165, 1.54) is 29.2 Å². The molecule has 2 aliphatic heterocycles. The Kier molecular flexibility index (Phi) is 6.96. The van der Waals surface area contributed by atoms with Crippen LogP contribution >= 0.6 is 11.6 Å². The lowest BCUT2D eigenvalue weighted by Gasteiger charge is -2.29. The van der Waals surface area contributed by atoms with Gasteiger partial charge in [-0.1, -0.05) is 11.6 Å². The van der Waals surface area contributed by atoms with Gasteiger partial charge in [-0.15, -0.1) is 0 Å². The fraction of sp³-hybridized carbons (Fsp3) is 0.364. The number of hydrogen-bond donors (Lipinski definition) is 1. The van der Waals surface area contributed by atoms with Gasteiger partial charge in [0.1, 0.15) is 5.75 Å². The highest BCUT2D eigenvalue weighted by Gasteiger charge is 2.48. The molecule has 2 amide bonds. The molecule has 0 aromatic heterocycles. The lowest BCUT2D eigenvalue weighted by atomic mass is 10.0. The molecule has 1 spiro atoms. The number of nitrogens with zero attached hydrogens (tertiary/aromatic N) is 2. The van der Waals surface area contributed by atoms with Crippen LogP contribution in [0.25, 0.3) is 0 Å². The minimum atomic E-state index is -2.91. The number of nitrogens with one attached hydrogen (secondary N) is 1. The van der Waals surface area contributed by atoms with Gasteiger partial charge in [0.05, 0.1) is 26.3 Å². The van der Waals surface area contributed by atoms with E-state index in [4.69, 9.17) is 21.1 Å². The summed E-state index contributed by atoms with van der Waals surface area (Å²) in [4.78, 5) is 28.5. The summed E-state index contributed by atoms with van der Waals surface area (Å²) in [6.07, 6.45) is -0.488. The largest absolute Gasteiger partial charge is 0.437 e. The van der Waals surface area contributed by atoms with Crippen molar-refractivity contribution in [2.24, 2.45) is 0 Å². The van der Waals surface area contributed by atoms with Crippen molar-refractivity contribution >= 4 is 35.0 Å². The second-order valence-electron chi connectivity index (χ2n) is 7.83. The number of hydrogen-bond acceptors (Lipinski definition) is 6. The second kappa shape index (κ2) is 9.90. The molecule has 2 saturated heterocycles. The number of ether oxygens (including phenoxy) is 3. The van der Waals surface area contributed by atoms with E-state index in [-0.39, 0.29) is 31.4 Å². The van der Waals surface area contributed by atoms with Gasteiger partial charge in [-0.25, -0.2) is 4.79 Å². The SMILES string of the molecule is O=C(CN1CCOCC2(C1)CN(c1ccc(Cl)cc1)C(=O)O2)Nc1ccc(OC(F)F)cc1. The van der Waals surface area contributed by atoms with Crippen LogP contribution in [0.3, 0.4) is 0 Å². The van der Waals surface area contributed by atoms with Crippen molar-refractivity contribution in [3.63, 3.8) is 0 Å². The molecule has 8 nitrogen and oxygen atoms in total. The van der Waals surface area contributed by atoms with E-state index < -0.39 is 18.3 Å².